The maximum absolute atomic E-state index is 13.8. The molecule has 1 aliphatic heterocycles. The van der Waals surface area contributed by atoms with Gasteiger partial charge in [0.1, 0.15) is 6.61 Å². The van der Waals surface area contributed by atoms with Gasteiger partial charge >= 0.3 is 5.97 Å². The molecule has 2 aromatic heterocycles. The molecule has 1 unspecified atom stereocenters. The van der Waals surface area contributed by atoms with E-state index in [-0.39, 0.29) is 18.8 Å². The minimum Gasteiger partial charge on any atom is -0.460 e. The van der Waals surface area contributed by atoms with Crippen molar-refractivity contribution in [3.63, 3.8) is 0 Å². The summed E-state index contributed by atoms with van der Waals surface area (Å²) in [5, 5.41) is 1.03. The van der Waals surface area contributed by atoms with Gasteiger partial charge in [0, 0.05) is 29.8 Å². The number of rotatable bonds is 7. The molecule has 0 radical (unpaired) electrons. The predicted molar refractivity (Wildman–Crippen MR) is 145 cm³/mol. The van der Waals surface area contributed by atoms with Crippen LogP contribution >= 0.6 is 11.3 Å². The number of benzene rings is 2. The average Bonchev–Trinajstić information content (AvgIpc) is 3.44. The fourth-order valence-corrected chi connectivity index (χ4v) is 5.65. The van der Waals surface area contributed by atoms with Gasteiger partial charge < -0.3 is 14.5 Å². The molecule has 0 bridgehead atoms. The van der Waals surface area contributed by atoms with Crippen LogP contribution in [0.1, 0.15) is 49.4 Å². The number of allylic oxidation sites excluding steroid dienone is 1. The lowest BCUT2D eigenvalue weighted by Crippen LogP contribution is -2.40. The van der Waals surface area contributed by atoms with E-state index >= 15 is 0 Å². The standard InChI is InChI=1S/C29H29N3O4S/c1-17(2)19-9-11-20(12-10-19)26-25(28(34)36-14-13-35-4)18(3)31-29-32(26)27(33)24(37-29)15-21-16-30-23-8-6-5-7-22(21)23/h5-12,15-17,26,30H,13-14H2,1-4H3. The van der Waals surface area contributed by atoms with E-state index in [1.165, 1.54) is 16.9 Å². The van der Waals surface area contributed by atoms with Crippen molar-refractivity contribution in [2.24, 2.45) is 4.99 Å². The molecule has 37 heavy (non-hydrogen) atoms. The molecule has 7 nitrogen and oxygen atoms in total. The number of hydrogen-bond donors (Lipinski definition) is 1. The first kappa shape index (κ1) is 24.9. The summed E-state index contributed by atoms with van der Waals surface area (Å²) in [6.45, 7) is 6.46. The van der Waals surface area contributed by atoms with E-state index in [0.29, 0.717) is 26.5 Å². The molecule has 0 fully saturated rings. The Hall–Kier alpha value is -3.75. The zero-order valence-corrected chi connectivity index (χ0v) is 22.1. The Morgan fingerprint density at radius 2 is 1.92 bits per heavy atom. The number of thiazole rings is 1. The highest BCUT2D eigenvalue weighted by atomic mass is 32.1. The van der Waals surface area contributed by atoms with Crippen LogP contribution in [0.4, 0.5) is 0 Å². The second-order valence-electron chi connectivity index (χ2n) is 9.32. The van der Waals surface area contributed by atoms with Gasteiger partial charge in [-0.1, -0.05) is 67.6 Å². The number of nitrogens with one attached hydrogen (secondary N) is 1. The molecular weight excluding hydrogens is 486 g/mol. The summed E-state index contributed by atoms with van der Waals surface area (Å²) in [5.74, 6) is -0.134. The third kappa shape index (κ3) is 4.70. The molecule has 0 aliphatic carbocycles. The monoisotopic (exact) mass is 515 g/mol. The summed E-state index contributed by atoms with van der Waals surface area (Å²) >= 11 is 1.32. The number of esters is 1. The highest BCUT2D eigenvalue weighted by Crippen LogP contribution is 2.31. The highest BCUT2D eigenvalue weighted by molar-refractivity contribution is 7.07. The highest BCUT2D eigenvalue weighted by Gasteiger charge is 2.33. The quantitative estimate of drug-likeness (QED) is 0.298. The second kappa shape index (κ2) is 10.3. The van der Waals surface area contributed by atoms with Crippen LogP contribution in [0.15, 0.2) is 75.8 Å². The summed E-state index contributed by atoms with van der Waals surface area (Å²) < 4.78 is 12.7. The van der Waals surface area contributed by atoms with Gasteiger partial charge in [-0.15, -0.1) is 0 Å². The summed E-state index contributed by atoms with van der Waals surface area (Å²) in [7, 11) is 1.55. The number of aromatic nitrogens is 2. The first-order chi connectivity index (χ1) is 17.9. The number of carbonyl (C=O) groups is 1. The average molecular weight is 516 g/mol. The smallest absolute Gasteiger partial charge is 0.338 e. The third-order valence-electron chi connectivity index (χ3n) is 6.59. The maximum atomic E-state index is 13.8. The van der Waals surface area contributed by atoms with Crippen LogP contribution in [-0.2, 0) is 14.3 Å². The van der Waals surface area contributed by atoms with Crippen LogP contribution in [0.5, 0.6) is 0 Å². The van der Waals surface area contributed by atoms with E-state index in [9.17, 15) is 9.59 Å². The van der Waals surface area contributed by atoms with Crippen molar-refractivity contribution in [1.29, 1.82) is 0 Å². The van der Waals surface area contributed by atoms with E-state index < -0.39 is 12.0 Å². The van der Waals surface area contributed by atoms with Crippen molar-refractivity contribution < 1.29 is 14.3 Å². The molecule has 0 saturated carbocycles. The topological polar surface area (TPSA) is 85.7 Å². The minimum absolute atomic E-state index is 0.121. The molecule has 8 heteroatoms. The molecule has 190 valence electrons. The van der Waals surface area contributed by atoms with Gasteiger partial charge in [0.25, 0.3) is 5.56 Å². The number of fused-ring (bicyclic) bond motifs is 2. The minimum atomic E-state index is -0.641. The number of carbonyl (C=O) groups excluding carboxylic acids is 1. The van der Waals surface area contributed by atoms with Gasteiger partial charge in [-0.25, -0.2) is 9.79 Å². The molecule has 4 aromatic rings. The van der Waals surface area contributed by atoms with Crippen molar-refractivity contribution >= 4 is 34.3 Å². The molecule has 3 heterocycles. The predicted octanol–water partition coefficient (Wildman–Crippen LogP) is 4.03. The van der Waals surface area contributed by atoms with Gasteiger partial charge in [-0.3, -0.25) is 9.36 Å². The number of ether oxygens (including phenoxy) is 2. The van der Waals surface area contributed by atoms with Crippen LogP contribution in [0, 0.1) is 0 Å². The number of nitrogens with zero attached hydrogens (tertiary/aromatic N) is 2. The number of aromatic amines is 1. The zero-order chi connectivity index (χ0) is 26.1. The second-order valence-corrected chi connectivity index (χ2v) is 10.3. The molecule has 0 spiro atoms. The Balaban J connectivity index is 1.67. The van der Waals surface area contributed by atoms with Crippen molar-refractivity contribution in [2.75, 3.05) is 20.3 Å². The zero-order valence-electron chi connectivity index (χ0n) is 21.3. The van der Waals surface area contributed by atoms with Gasteiger partial charge in [0.05, 0.1) is 28.5 Å². The number of para-hydroxylation sites is 1. The van der Waals surface area contributed by atoms with Gasteiger partial charge in [0.2, 0.25) is 0 Å². The van der Waals surface area contributed by atoms with Gasteiger partial charge in [-0.05, 0) is 36.1 Å². The van der Waals surface area contributed by atoms with Gasteiger partial charge in [-0.2, -0.15) is 0 Å². The fourth-order valence-electron chi connectivity index (χ4n) is 4.61. The van der Waals surface area contributed by atoms with Gasteiger partial charge in [0.15, 0.2) is 4.80 Å². The summed E-state index contributed by atoms with van der Waals surface area (Å²) in [4.78, 5) is 35.6. The Labute approximate surface area is 218 Å². The Bertz CT molecular complexity index is 1670. The Morgan fingerprint density at radius 1 is 1.16 bits per heavy atom. The van der Waals surface area contributed by atoms with E-state index in [1.54, 1.807) is 18.6 Å². The fraction of sp³-hybridized carbons (Fsp3) is 0.276. The van der Waals surface area contributed by atoms with Crippen molar-refractivity contribution in [3.05, 3.63) is 102 Å². The lowest BCUT2D eigenvalue weighted by atomic mass is 9.93. The summed E-state index contributed by atoms with van der Waals surface area (Å²) in [6, 6.07) is 15.4. The van der Waals surface area contributed by atoms with E-state index in [2.05, 4.69) is 23.8 Å². The number of hydrogen-bond acceptors (Lipinski definition) is 6. The summed E-state index contributed by atoms with van der Waals surface area (Å²) in [5.41, 5.74) is 4.65. The van der Waals surface area contributed by atoms with E-state index in [0.717, 1.165) is 22.0 Å². The molecule has 1 N–H and O–H groups in total. The summed E-state index contributed by atoms with van der Waals surface area (Å²) in [6.07, 6.45) is 3.78. The van der Waals surface area contributed by atoms with Crippen molar-refractivity contribution in [1.82, 2.24) is 9.55 Å². The molecule has 1 aliphatic rings. The normalized spacial score (nSPS) is 15.8. The molecule has 1 atom stereocenters. The van der Waals surface area contributed by atoms with E-state index in [1.807, 2.05) is 60.8 Å². The Morgan fingerprint density at radius 3 is 2.65 bits per heavy atom. The number of H-pyrrole nitrogens is 1. The van der Waals surface area contributed by atoms with Crippen molar-refractivity contribution in [2.45, 2.75) is 32.7 Å². The van der Waals surface area contributed by atoms with Crippen LogP contribution in [-0.4, -0.2) is 35.8 Å². The molecule has 2 aromatic carbocycles. The van der Waals surface area contributed by atoms with Crippen molar-refractivity contribution in [3.8, 4) is 0 Å². The molecule has 0 saturated heterocycles. The lowest BCUT2D eigenvalue weighted by molar-refractivity contribution is -0.140. The number of methoxy groups -OCH3 is 1. The largest absolute Gasteiger partial charge is 0.460 e. The van der Waals surface area contributed by atoms with E-state index in [4.69, 9.17) is 9.47 Å². The molecule has 5 rings (SSSR count). The third-order valence-corrected chi connectivity index (χ3v) is 7.57. The molecule has 0 amide bonds. The first-order valence-corrected chi connectivity index (χ1v) is 13.0. The maximum Gasteiger partial charge on any atom is 0.338 e. The Kier molecular flexibility index (Phi) is 6.95. The molecular formula is C29H29N3O4S. The lowest BCUT2D eigenvalue weighted by Gasteiger charge is -2.25. The van der Waals surface area contributed by atoms with Crippen LogP contribution < -0.4 is 14.9 Å². The van der Waals surface area contributed by atoms with Crippen LogP contribution in [0.3, 0.4) is 0 Å². The van der Waals surface area contributed by atoms with Crippen LogP contribution in [0.2, 0.25) is 0 Å². The van der Waals surface area contributed by atoms with Crippen LogP contribution in [0.25, 0.3) is 17.0 Å². The SMILES string of the molecule is COCCOC(=O)C1=C(C)N=c2sc(=Cc3c[nH]c4ccccc34)c(=O)n2C1c1ccc(C(C)C)cc1. The first-order valence-electron chi connectivity index (χ1n) is 12.2.